The van der Waals surface area contributed by atoms with Crippen molar-refractivity contribution < 1.29 is 0 Å². The Bertz CT molecular complexity index is 542. The molecule has 0 spiro atoms. The largest absolute Gasteiger partial charge is 0.385 e. The summed E-state index contributed by atoms with van der Waals surface area (Å²) in [6, 6.07) is 8.90. The predicted molar refractivity (Wildman–Crippen MR) is 74.0 cm³/mol. The van der Waals surface area contributed by atoms with Crippen LogP contribution in [-0.2, 0) is 19.4 Å². The minimum atomic E-state index is 0.939. The second-order valence-corrected chi connectivity index (χ2v) is 4.84. The van der Waals surface area contributed by atoms with E-state index in [1.165, 1.54) is 35.3 Å². The summed E-state index contributed by atoms with van der Waals surface area (Å²) in [6.07, 6.45) is 5.30. The molecule has 0 atom stereocenters. The standard InChI is InChI=1S/C15H19N3/c1-2-18-14(7-9-17-18)11-12-5-6-15-13(10-12)4-3-8-16-15/h5-7,9-10,16H,2-4,8,11H2,1H3. The summed E-state index contributed by atoms with van der Waals surface area (Å²) in [5, 5.41) is 7.78. The third-order valence-corrected chi connectivity index (χ3v) is 3.60. The van der Waals surface area contributed by atoms with Crippen LogP contribution in [0.15, 0.2) is 30.5 Å². The van der Waals surface area contributed by atoms with E-state index in [2.05, 4.69) is 46.3 Å². The van der Waals surface area contributed by atoms with Crippen LogP contribution >= 0.6 is 0 Å². The van der Waals surface area contributed by atoms with Gasteiger partial charge in [-0.2, -0.15) is 5.10 Å². The minimum absolute atomic E-state index is 0.939. The van der Waals surface area contributed by atoms with Crippen molar-refractivity contribution >= 4 is 5.69 Å². The lowest BCUT2D eigenvalue weighted by Crippen LogP contribution is -2.12. The molecule has 1 aromatic carbocycles. The van der Waals surface area contributed by atoms with Gasteiger partial charge in [0.25, 0.3) is 0 Å². The van der Waals surface area contributed by atoms with Crippen molar-refractivity contribution in [3.8, 4) is 0 Å². The van der Waals surface area contributed by atoms with Gasteiger partial charge in [-0.3, -0.25) is 4.68 Å². The van der Waals surface area contributed by atoms with Gasteiger partial charge in [0.1, 0.15) is 0 Å². The molecule has 3 rings (SSSR count). The number of hydrogen-bond donors (Lipinski definition) is 1. The molecule has 1 aromatic heterocycles. The van der Waals surface area contributed by atoms with Crippen molar-refractivity contribution in [2.75, 3.05) is 11.9 Å². The highest BCUT2D eigenvalue weighted by Gasteiger charge is 2.09. The van der Waals surface area contributed by atoms with E-state index < -0.39 is 0 Å². The molecule has 0 radical (unpaired) electrons. The van der Waals surface area contributed by atoms with Crippen LogP contribution in [0, 0.1) is 0 Å². The van der Waals surface area contributed by atoms with Crippen molar-refractivity contribution in [2.24, 2.45) is 0 Å². The van der Waals surface area contributed by atoms with Crippen LogP contribution in [0.2, 0.25) is 0 Å². The van der Waals surface area contributed by atoms with Crippen molar-refractivity contribution in [1.29, 1.82) is 0 Å². The van der Waals surface area contributed by atoms with Crippen LogP contribution in [0.4, 0.5) is 5.69 Å². The first-order chi connectivity index (χ1) is 8.86. The molecule has 3 nitrogen and oxygen atoms in total. The zero-order valence-corrected chi connectivity index (χ0v) is 10.8. The fourth-order valence-electron chi connectivity index (χ4n) is 2.64. The van der Waals surface area contributed by atoms with E-state index in [0.29, 0.717) is 0 Å². The summed E-state index contributed by atoms with van der Waals surface area (Å²) < 4.78 is 2.07. The number of hydrogen-bond acceptors (Lipinski definition) is 2. The lowest BCUT2D eigenvalue weighted by atomic mass is 9.99. The average Bonchev–Trinajstić information content (AvgIpc) is 2.86. The van der Waals surface area contributed by atoms with E-state index >= 15 is 0 Å². The minimum Gasteiger partial charge on any atom is -0.385 e. The normalized spacial score (nSPS) is 14.1. The molecule has 1 aliphatic heterocycles. The average molecular weight is 241 g/mol. The molecular formula is C15H19N3. The second-order valence-electron chi connectivity index (χ2n) is 4.84. The lowest BCUT2D eigenvalue weighted by Gasteiger charge is -2.18. The van der Waals surface area contributed by atoms with E-state index in [1.54, 1.807) is 0 Å². The summed E-state index contributed by atoms with van der Waals surface area (Å²) in [6.45, 7) is 4.18. The van der Waals surface area contributed by atoms with Gasteiger partial charge in [0, 0.05) is 37.1 Å². The maximum atomic E-state index is 4.32. The van der Waals surface area contributed by atoms with E-state index in [0.717, 1.165) is 19.5 Å². The Kier molecular flexibility index (Phi) is 3.05. The summed E-state index contributed by atoms with van der Waals surface area (Å²) in [4.78, 5) is 0. The maximum absolute atomic E-state index is 4.32. The Labute approximate surface area is 108 Å². The fraction of sp³-hybridized carbons (Fsp3) is 0.400. The highest BCUT2D eigenvalue weighted by molar-refractivity contribution is 5.54. The number of fused-ring (bicyclic) bond motifs is 1. The highest BCUT2D eigenvalue weighted by Crippen LogP contribution is 2.24. The second kappa shape index (κ2) is 4.84. The monoisotopic (exact) mass is 241 g/mol. The molecule has 0 bridgehead atoms. The number of nitrogens with zero attached hydrogens (tertiary/aromatic N) is 2. The smallest absolute Gasteiger partial charge is 0.0492 e. The third kappa shape index (κ3) is 2.13. The van der Waals surface area contributed by atoms with Crippen LogP contribution in [0.3, 0.4) is 0 Å². The van der Waals surface area contributed by atoms with Crippen molar-refractivity contribution in [2.45, 2.75) is 32.7 Å². The van der Waals surface area contributed by atoms with Crippen LogP contribution in [-0.4, -0.2) is 16.3 Å². The number of aromatic nitrogens is 2. The van der Waals surface area contributed by atoms with Gasteiger partial charge in [-0.15, -0.1) is 0 Å². The first-order valence-corrected chi connectivity index (χ1v) is 6.73. The lowest BCUT2D eigenvalue weighted by molar-refractivity contribution is 0.630. The fourth-order valence-corrected chi connectivity index (χ4v) is 2.64. The molecule has 2 heterocycles. The maximum Gasteiger partial charge on any atom is 0.0492 e. The van der Waals surface area contributed by atoms with Gasteiger partial charge in [-0.05, 0) is 43.0 Å². The molecule has 94 valence electrons. The SMILES string of the molecule is CCn1nccc1Cc1ccc2c(c1)CCCN2. The summed E-state index contributed by atoms with van der Waals surface area (Å²) in [5.41, 5.74) is 5.45. The van der Waals surface area contributed by atoms with Gasteiger partial charge >= 0.3 is 0 Å². The quantitative estimate of drug-likeness (QED) is 0.895. The molecular weight excluding hydrogens is 222 g/mol. The Hall–Kier alpha value is -1.77. The van der Waals surface area contributed by atoms with Crippen LogP contribution < -0.4 is 5.32 Å². The van der Waals surface area contributed by atoms with Crippen LogP contribution in [0.5, 0.6) is 0 Å². The zero-order chi connectivity index (χ0) is 12.4. The number of nitrogens with one attached hydrogen (secondary N) is 1. The molecule has 0 saturated heterocycles. The molecule has 0 unspecified atom stereocenters. The van der Waals surface area contributed by atoms with Gasteiger partial charge in [-0.1, -0.05) is 12.1 Å². The third-order valence-electron chi connectivity index (χ3n) is 3.60. The Morgan fingerprint density at radius 3 is 3.17 bits per heavy atom. The molecule has 0 amide bonds. The Morgan fingerprint density at radius 1 is 1.33 bits per heavy atom. The Morgan fingerprint density at radius 2 is 2.28 bits per heavy atom. The predicted octanol–water partition coefficient (Wildman–Crippen LogP) is 2.85. The van der Waals surface area contributed by atoms with E-state index in [1.807, 2.05) is 6.20 Å². The van der Waals surface area contributed by atoms with E-state index in [-0.39, 0.29) is 0 Å². The van der Waals surface area contributed by atoms with Gasteiger partial charge in [0.15, 0.2) is 0 Å². The van der Waals surface area contributed by atoms with E-state index in [9.17, 15) is 0 Å². The number of benzene rings is 1. The van der Waals surface area contributed by atoms with Crippen molar-refractivity contribution in [1.82, 2.24) is 9.78 Å². The molecule has 1 aliphatic rings. The molecule has 1 N–H and O–H groups in total. The van der Waals surface area contributed by atoms with Crippen LogP contribution in [0.25, 0.3) is 0 Å². The summed E-state index contributed by atoms with van der Waals surface area (Å²) in [7, 11) is 0. The topological polar surface area (TPSA) is 29.9 Å². The van der Waals surface area contributed by atoms with Crippen molar-refractivity contribution in [3.63, 3.8) is 0 Å². The van der Waals surface area contributed by atoms with Gasteiger partial charge in [0.05, 0.1) is 0 Å². The van der Waals surface area contributed by atoms with Crippen LogP contribution in [0.1, 0.15) is 30.2 Å². The first-order valence-electron chi connectivity index (χ1n) is 6.73. The van der Waals surface area contributed by atoms with Gasteiger partial charge in [0.2, 0.25) is 0 Å². The zero-order valence-electron chi connectivity index (χ0n) is 10.8. The first kappa shape index (κ1) is 11.3. The number of anilines is 1. The molecule has 2 aromatic rings. The number of rotatable bonds is 3. The summed E-state index contributed by atoms with van der Waals surface area (Å²) >= 11 is 0. The summed E-state index contributed by atoms with van der Waals surface area (Å²) in [5.74, 6) is 0. The molecule has 18 heavy (non-hydrogen) atoms. The highest BCUT2D eigenvalue weighted by atomic mass is 15.3. The van der Waals surface area contributed by atoms with Gasteiger partial charge in [-0.25, -0.2) is 0 Å². The molecule has 0 fully saturated rings. The van der Waals surface area contributed by atoms with Gasteiger partial charge < -0.3 is 5.32 Å². The van der Waals surface area contributed by atoms with Crippen molar-refractivity contribution in [3.05, 3.63) is 47.3 Å². The Balaban J connectivity index is 1.85. The molecule has 0 saturated carbocycles. The number of aryl methyl sites for hydroxylation is 2. The molecule has 0 aliphatic carbocycles. The van der Waals surface area contributed by atoms with E-state index in [4.69, 9.17) is 0 Å². The molecule has 3 heteroatoms.